The number of carbonyl (C=O) groups is 1. The third-order valence-electron chi connectivity index (χ3n) is 3.11. The van der Waals surface area contributed by atoms with E-state index < -0.39 is 12.1 Å². The molecule has 0 aromatic heterocycles. The van der Waals surface area contributed by atoms with Gasteiger partial charge in [0.1, 0.15) is 0 Å². The van der Waals surface area contributed by atoms with Crippen molar-refractivity contribution in [2.45, 2.75) is 31.9 Å². The Hall–Kier alpha value is -0.780. The zero-order valence-electron chi connectivity index (χ0n) is 9.02. The molecule has 1 amide bonds. The third-order valence-corrected chi connectivity index (χ3v) is 3.11. The van der Waals surface area contributed by atoms with Gasteiger partial charge in [0.05, 0.1) is 0 Å². The fourth-order valence-electron chi connectivity index (χ4n) is 2.01. The lowest BCUT2D eigenvalue weighted by molar-refractivity contribution is -0.173. The molecule has 0 atom stereocenters. The van der Waals surface area contributed by atoms with E-state index in [9.17, 15) is 18.0 Å². The number of hydrogen-bond donors (Lipinski definition) is 2. The first-order chi connectivity index (χ1) is 7.43. The fourth-order valence-corrected chi connectivity index (χ4v) is 2.01. The predicted molar refractivity (Wildman–Crippen MR) is 53.6 cm³/mol. The first-order valence-corrected chi connectivity index (χ1v) is 5.48. The quantitative estimate of drug-likeness (QED) is 0.781. The van der Waals surface area contributed by atoms with Crippen LogP contribution in [0.1, 0.15) is 25.7 Å². The summed E-state index contributed by atoms with van der Waals surface area (Å²) in [7, 11) is 0. The smallest absolute Gasteiger partial charge is 0.348 e. The molecule has 1 rings (SSSR count). The Kier molecular flexibility index (Phi) is 4.58. The van der Waals surface area contributed by atoms with Gasteiger partial charge in [0, 0.05) is 6.54 Å². The number of alkyl halides is 3. The Labute approximate surface area is 92.6 Å². The van der Waals surface area contributed by atoms with Crippen molar-refractivity contribution in [3.05, 3.63) is 0 Å². The SMILES string of the molecule is NCC1CCC(CNC(=O)C(F)(F)F)CC1. The number of amides is 1. The molecule has 0 aromatic carbocycles. The Morgan fingerprint density at radius 2 is 1.69 bits per heavy atom. The lowest BCUT2D eigenvalue weighted by Gasteiger charge is -2.27. The lowest BCUT2D eigenvalue weighted by Crippen LogP contribution is -2.40. The summed E-state index contributed by atoms with van der Waals surface area (Å²) in [5.74, 6) is -1.18. The number of nitrogens with one attached hydrogen (secondary N) is 1. The molecule has 3 N–H and O–H groups in total. The van der Waals surface area contributed by atoms with Crippen LogP contribution in [0.3, 0.4) is 0 Å². The molecule has 1 saturated carbocycles. The van der Waals surface area contributed by atoms with Crippen LogP contribution in [0.5, 0.6) is 0 Å². The summed E-state index contributed by atoms with van der Waals surface area (Å²) in [6, 6.07) is 0. The van der Waals surface area contributed by atoms with Gasteiger partial charge in [0.15, 0.2) is 0 Å². The van der Waals surface area contributed by atoms with E-state index in [1.165, 1.54) is 0 Å². The number of nitrogens with two attached hydrogens (primary N) is 1. The highest BCUT2D eigenvalue weighted by Gasteiger charge is 2.38. The maximum atomic E-state index is 11.9. The van der Waals surface area contributed by atoms with Gasteiger partial charge in [-0.15, -0.1) is 0 Å². The summed E-state index contributed by atoms with van der Waals surface area (Å²) in [5.41, 5.74) is 5.51. The number of halogens is 3. The average Bonchev–Trinajstić information content (AvgIpc) is 2.25. The maximum absolute atomic E-state index is 11.9. The van der Waals surface area contributed by atoms with E-state index in [1.807, 2.05) is 5.32 Å². The highest BCUT2D eigenvalue weighted by atomic mass is 19.4. The zero-order chi connectivity index (χ0) is 12.2. The molecule has 3 nitrogen and oxygen atoms in total. The van der Waals surface area contributed by atoms with E-state index in [-0.39, 0.29) is 12.5 Å². The van der Waals surface area contributed by atoms with Gasteiger partial charge in [-0.2, -0.15) is 13.2 Å². The Balaban J connectivity index is 2.22. The van der Waals surface area contributed by atoms with Crippen LogP contribution >= 0.6 is 0 Å². The first kappa shape index (κ1) is 13.3. The first-order valence-electron chi connectivity index (χ1n) is 5.48. The summed E-state index contributed by atoms with van der Waals surface area (Å²) in [5, 5.41) is 1.93. The molecule has 94 valence electrons. The molecule has 1 fully saturated rings. The Bertz CT molecular complexity index is 235. The molecule has 0 aromatic rings. The Morgan fingerprint density at radius 3 is 2.12 bits per heavy atom. The fraction of sp³-hybridized carbons (Fsp3) is 0.900. The van der Waals surface area contributed by atoms with Crippen molar-refractivity contribution in [3.63, 3.8) is 0 Å². The van der Waals surface area contributed by atoms with Crippen LogP contribution in [0, 0.1) is 11.8 Å². The summed E-state index contributed by atoms with van der Waals surface area (Å²) in [6.45, 7) is 0.761. The molecule has 0 bridgehead atoms. The van der Waals surface area contributed by atoms with Gasteiger partial charge < -0.3 is 11.1 Å². The van der Waals surface area contributed by atoms with Crippen molar-refractivity contribution in [1.29, 1.82) is 0 Å². The molecular weight excluding hydrogens is 221 g/mol. The number of carbonyl (C=O) groups excluding carboxylic acids is 1. The average molecular weight is 238 g/mol. The van der Waals surface area contributed by atoms with Gasteiger partial charge in [-0.25, -0.2) is 0 Å². The van der Waals surface area contributed by atoms with Crippen LogP contribution in [0.4, 0.5) is 13.2 Å². The molecule has 0 heterocycles. The molecule has 6 heteroatoms. The normalized spacial score (nSPS) is 26.5. The second kappa shape index (κ2) is 5.52. The van der Waals surface area contributed by atoms with Crippen LogP contribution in [0.2, 0.25) is 0 Å². The topological polar surface area (TPSA) is 55.1 Å². The number of hydrogen-bond acceptors (Lipinski definition) is 2. The van der Waals surface area contributed by atoms with Crippen LogP contribution in [0.25, 0.3) is 0 Å². The predicted octanol–water partition coefficient (Wildman–Crippen LogP) is 1.43. The number of rotatable bonds is 3. The van der Waals surface area contributed by atoms with Crippen LogP contribution < -0.4 is 11.1 Å². The minimum Gasteiger partial charge on any atom is -0.348 e. The van der Waals surface area contributed by atoms with Crippen molar-refractivity contribution in [3.8, 4) is 0 Å². The molecule has 1 aliphatic rings. The third kappa shape index (κ3) is 4.00. The van der Waals surface area contributed by atoms with E-state index in [0.29, 0.717) is 12.5 Å². The van der Waals surface area contributed by atoms with Gasteiger partial charge in [-0.05, 0) is 44.1 Å². The molecular formula is C10H17F3N2O. The van der Waals surface area contributed by atoms with Crippen LogP contribution in [0.15, 0.2) is 0 Å². The van der Waals surface area contributed by atoms with Gasteiger partial charge >= 0.3 is 12.1 Å². The van der Waals surface area contributed by atoms with E-state index >= 15 is 0 Å². The molecule has 0 spiro atoms. The van der Waals surface area contributed by atoms with Gasteiger partial charge in [0.2, 0.25) is 0 Å². The second-order valence-corrected chi connectivity index (χ2v) is 4.33. The second-order valence-electron chi connectivity index (χ2n) is 4.33. The maximum Gasteiger partial charge on any atom is 0.471 e. The summed E-state index contributed by atoms with van der Waals surface area (Å²) < 4.78 is 35.7. The van der Waals surface area contributed by atoms with Crippen molar-refractivity contribution in [1.82, 2.24) is 5.32 Å². The van der Waals surface area contributed by atoms with Crippen LogP contribution in [-0.4, -0.2) is 25.2 Å². The van der Waals surface area contributed by atoms with Gasteiger partial charge in [-0.3, -0.25) is 4.79 Å². The van der Waals surface area contributed by atoms with Crippen molar-refractivity contribution >= 4 is 5.91 Å². The van der Waals surface area contributed by atoms with E-state index in [0.717, 1.165) is 25.7 Å². The van der Waals surface area contributed by atoms with Crippen LogP contribution in [-0.2, 0) is 4.79 Å². The molecule has 16 heavy (non-hydrogen) atoms. The van der Waals surface area contributed by atoms with Crippen molar-refractivity contribution in [2.24, 2.45) is 17.6 Å². The van der Waals surface area contributed by atoms with E-state index in [1.54, 1.807) is 0 Å². The molecule has 1 aliphatic carbocycles. The Morgan fingerprint density at radius 1 is 1.19 bits per heavy atom. The summed E-state index contributed by atoms with van der Waals surface area (Å²) in [4.78, 5) is 10.6. The highest BCUT2D eigenvalue weighted by Crippen LogP contribution is 2.27. The van der Waals surface area contributed by atoms with Crippen molar-refractivity contribution < 1.29 is 18.0 Å². The minimum absolute atomic E-state index is 0.121. The highest BCUT2D eigenvalue weighted by molar-refractivity contribution is 5.81. The molecule has 0 saturated heterocycles. The minimum atomic E-state index is -4.77. The van der Waals surface area contributed by atoms with E-state index in [2.05, 4.69) is 0 Å². The standard InChI is InChI=1S/C10H17F3N2O/c11-10(12,13)9(16)15-6-8-3-1-7(5-14)2-4-8/h7-8H,1-6,14H2,(H,15,16). The summed E-state index contributed by atoms with van der Waals surface area (Å²) >= 11 is 0. The summed E-state index contributed by atoms with van der Waals surface area (Å²) in [6.07, 6.45) is -1.18. The molecule has 0 aliphatic heterocycles. The van der Waals surface area contributed by atoms with Crippen molar-refractivity contribution in [2.75, 3.05) is 13.1 Å². The molecule has 0 radical (unpaired) electrons. The van der Waals surface area contributed by atoms with Gasteiger partial charge in [0.25, 0.3) is 0 Å². The lowest BCUT2D eigenvalue weighted by atomic mass is 9.82. The molecule has 0 unspecified atom stereocenters. The van der Waals surface area contributed by atoms with E-state index in [4.69, 9.17) is 5.73 Å². The monoisotopic (exact) mass is 238 g/mol. The zero-order valence-corrected chi connectivity index (χ0v) is 9.02. The van der Waals surface area contributed by atoms with Gasteiger partial charge in [-0.1, -0.05) is 0 Å². The largest absolute Gasteiger partial charge is 0.471 e.